The van der Waals surface area contributed by atoms with Crippen LogP contribution < -0.4 is 10.1 Å². The van der Waals surface area contributed by atoms with Crippen LogP contribution in [-0.2, 0) is 6.42 Å². The van der Waals surface area contributed by atoms with Gasteiger partial charge in [-0.1, -0.05) is 26.5 Å². The van der Waals surface area contributed by atoms with E-state index in [0.717, 1.165) is 29.7 Å². The van der Waals surface area contributed by atoms with Gasteiger partial charge in [-0.3, -0.25) is 0 Å². The summed E-state index contributed by atoms with van der Waals surface area (Å²) in [4.78, 5) is 0. The average Bonchev–Trinajstić information content (AvgIpc) is 2.58. The second kappa shape index (κ2) is 6.58. The summed E-state index contributed by atoms with van der Waals surface area (Å²) in [7, 11) is 0. The molecule has 1 aliphatic heterocycles. The second-order valence-corrected chi connectivity index (χ2v) is 6.24. The van der Waals surface area contributed by atoms with Crippen LogP contribution in [0.1, 0.15) is 30.9 Å². The van der Waals surface area contributed by atoms with Crippen LogP contribution in [0.5, 0.6) is 5.75 Å². The number of hydrogen-bond acceptors (Lipinski definition) is 2. The van der Waals surface area contributed by atoms with Gasteiger partial charge in [0.25, 0.3) is 0 Å². The van der Waals surface area contributed by atoms with Crippen LogP contribution in [0.2, 0.25) is 0 Å². The van der Waals surface area contributed by atoms with Crippen molar-refractivity contribution in [3.05, 3.63) is 40.4 Å². The smallest absolute Gasteiger partial charge is 0.134 e. The molecule has 2 rings (SSSR count). The van der Waals surface area contributed by atoms with Gasteiger partial charge >= 0.3 is 0 Å². The molecule has 1 unspecified atom stereocenters. The zero-order valence-electron chi connectivity index (χ0n) is 11.7. The molecule has 1 aromatic carbocycles. The van der Waals surface area contributed by atoms with Crippen molar-refractivity contribution in [2.24, 2.45) is 5.92 Å². The lowest BCUT2D eigenvalue weighted by Crippen LogP contribution is -2.23. The lowest BCUT2D eigenvalue weighted by atomic mass is 9.85. The minimum Gasteiger partial charge on any atom is -0.488 e. The van der Waals surface area contributed by atoms with Crippen LogP contribution >= 0.6 is 15.9 Å². The standard InChI is InChI=1S/C16H22BrNO/c1-4-7-19-16-8-12-5-6-18-10-14(11(2)3)13(12)9-15(16)17/h4,8-9,11,14,18H,1,5-7,10H2,2-3H3. The molecule has 0 spiro atoms. The van der Waals surface area contributed by atoms with Crippen LogP contribution in [0.25, 0.3) is 0 Å². The molecule has 1 atom stereocenters. The normalized spacial score (nSPS) is 18.8. The molecule has 3 heteroatoms. The van der Waals surface area contributed by atoms with Crippen molar-refractivity contribution in [3.8, 4) is 5.75 Å². The number of ether oxygens (including phenoxy) is 1. The van der Waals surface area contributed by atoms with Crippen LogP contribution in [0.4, 0.5) is 0 Å². The third-order valence-electron chi connectivity index (χ3n) is 3.69. The predicted molar refractivity (Wildman–Crippen MR) is 84.0 cm³/mol. The van der Waals surface area contributed by atoms with Crippen LogP contribution in [-0.4, -0.2) is 19.7 Å². The molecule has 1 aromatic rings. The molecule has 2 nitrogen and oxygen atoms in total. The van der Waals surface area contributed by atoms with E-state index in [1.165, 1.54) is 11.1 Å². The monoisotopic (exact) mass is 323 g/mol. The van der Waals surface area contributed by atoms with E-state index in [1.807, 2.05) is 0 Å². The summed E-state index contributed by atoms with van der Waals surface area (Å²) in [5.41, 5.74) is 2.86. The molecule has 1 heterocycles. The first kappa shape index (κ1) is 14.6. The number of benzene rings is 1. The molecular weight excluding hydrogens is 302 g/mol. The maximum absolute atomic E-state index is 5.70. The Hall–Kier alpha value is -0.800. The summed E-state index contributed by atoms with van der Waals surface area (Å²) in [6.07, 6.45) is 2.84. The van der Waals surface area contributed by atoms with Gasteiger partial charge in [-0.25, -0.2) is 0 Å². The Morgan fingerprint density at radius 3 is 3.00 bits per heavy atom. The fourth-order valence-corrected chi connectivity index (χ4v) is 3.09. The first-order valence-corrected chi connectivity index (χ1v) is 7.69. The highest BCUT2D eigenvalue weighted by atomic mass is 79.9. The van der Waals surface area contributed by atoms with E-state index in [9.17, 15) is 0 Å². The molecule has 0 bridgehead atoms. The third-order valence-corrected chi connectivity index (χ3v) is 4.31. The zero-order chi connectivity index (χ0) is 13.8. The summed E-state index contributed by atoms with van der Waals surface area (Å²) >= 11 is 3.63. The molecule has 0 saturated heterocycles. The van der Waals surface area contributed by atoms with Gasteiger partial charge in [0.1, 0.15) is 12.4 Å². The van der Waals surface area contributed by atoms with E-state index in [0.29, 0.717) is 18.4 Å². The Labute approximate surface area is 124 Å². The molecule has 0 radical (unpaired) electrons. The Morgan fingerprint density at radius 2 is 2.32 bits per heavy atom. The van der Waals surface area contributed by atoms with Gasteiger partial charge < -0.3 is 10.1 Å². The van der Waals surface area contributed by atoms with E-state index < -0.39 is 0 Å². The van der Waals surface area contributed by atoms with Gasteiger partial charge in [-0.05, 0) is 64.0 Å². The molecule has 0 aromatic heterocycles. The number of hydrogen-bond donors (Lipinski definition) is 1. The first-order valence-electron chi connectivity index (χ1n) is 6.90. The van der Waals surface area contributed by atoms with Crippen molar-refractivity contribution in [3.63, 3.8) is 0 Å². The Morgan fingerprint density at radius 1 is 1.53 bits per heavy atom. The molecule has 0 saturated carbocycles. The average molecular weight is 324 g/mol. The molecule has 1 N–H and O–H groups in total. The third kappa shape index (κ3) is 3.40. The van der Waals surface area contributed by atoms with Crippen molar-refractivity contribution in [1.29, 1.82) is 0 Å². The number of halogens is 1. The minimum absolute atomic E-state index is 0.545. The maximum atomic E-state index is 5.70. The van der Waals surface area contributed by atoms with Gasteiger partial charge in [0.15, 0.2) is 0 Å². The topological polar surface area (TPSA) is 21.3 Å². The zero-order valence-corrected chi connectivity index (χ0v) is 13.3. The van der Waals surface area contributed by atoms with E-state index in [1.54, 1.807) is 6.08 Å². The molecule has 1 aliphatic rings. The van der Waals surface area contributed by atoms with Crippen LogP contribution in [0, 0.1) is 5.92 Å². The van der Waals surface area contributed by atoms with Crippen molar-refractivity contribution < 1.29 is 4.74 Å². The van der Waals surface area contributed by atoms with E-state index in [4.69, 9.17) is 4.74 Å². The van der Waals surface area contributed by atoms with Gasteiger partial charge in [-0.15, -0.1) is 0 Å². The summed E-state index contributed by atoms with van der Waals surface area (Å²) in [6.45, 7) is 10.9. The number of fused-ring (bicyclic) bond motifs is 1. The van der Waals surface area contributed by atoms with Crippen LogP contribution in [0.3, 0.4) is 0 Å². The lowest BCUT2D eigenvalue weighted by molar-refractivity contribution is 0.360. The molecule has 0 aliphatic carbocycles. The van der Waals surface area contributed by atoms with Crippen molar-refractivity contribution in [1.82, 2.24) is 5.32 Å². The molecular formula is C16H22BrNO. The largest absolute Gasteiger partial charge is 0.488 e. The molecule has 104 valence electrons. The predicted octanol–water partition coefficient (Wildman–Crippen LogP) is 3.90. The summed E-state index contributed by atoms with van der Waals surface area (Å²) in [6, 6.07) is 4.43. The summed E-state index contributed by atoms with van der Waals surface area (Å²) in [5.74, 6) is 2.13. The summed E-state index contributed by atoms with van der Waals surface area (Å²) in [5, 5.41) is 3.54. The molecule has 19 heavy (non-hydrogen) atoms. The molecule has 0 amide bonds. The fraction of sp³-hybridized carbons (Fsp3) is 0.500. The SMILES string of the molecule is C=CCOc1cc2c(cc1Br)C(C(C)C)CNCC2. The van der Waals surface area contributed by atoms with E-state index in [2.05, 4.69) is 53.8 Å². The van der Waals surface area contributed by atoms with Gasteiger partial charge in [0, 0.05) is 6.54 Å². The maximum Gasteiger partial charge on any atom is 0.134 e. The Kier molecular flexibility index (Phi) is 5.06. The highest BCUT2D eigenvalue weighted by Crippen LogP contribution is 2.36. The number of nitrogens with one attached hydrogen (secondary N) is 1. The van der Waals surface area contributed by atoms with Gasteiger partial charge in [0.05, 0.1) is 4.47 Å². The van der Waals surface area contributed by atoms with Gasteiger partial charge in [-0.2, -0.15) is 0 Å². The van der Waals surface area contributed by atoms with Crippen LogP contribution in [0.15, 0.2) is 29.3 Å². The minimum atomic E-state index is 0.545. The fourth-order valence-electron chi connectivity index (χ4n) is 2.62. The quantitative estimate of drug-likeness (QED) is 0.848. The van der Waals surface area contributed by atoms with E-state index in [-0.39, 0.29) is 0 Å². The van der Waals surface area contributed by atoms with Crippen molar-refractivity contribution >= 4 is 15.9 Å². The second-order valence-electron chi connectivity index (χ2n) is 5.39. The lowest BCUT2D eigenvalue weighted by Gasteiger charge is -2.22. The van der Waals surface area contributed by atoms with E-state index >= 15 is 0 Å². The summed E-state index contributed by atoms with van der Waals surface area (Å²) < 4.78 is 6.75. The highest BCUT2D eigenvalue weighted by Gasteiger charge is 2.22. The Balaban J connectivity index is 2.37. The highest BCUT2D eigenvalue weighted by molar-refractivity contribution is 9.10. The van der Waals surface area contributed by atoms with Gasteiger partial charge in [0.2, 0.25) is 0 Å². The number of rotatable bonds is 4. The Bertz CT molecular complexity index is 456. The first-order chi connectivity index (χ1) is 9.13. The van der Waals surface area contributed by atoms with Crippen molar-refractivity contribution in [2.75, 3.05) is 19.7 Å². The van der Waals surface area contributed by atoms with Crippen molar-refractivity contribution in [2.45, 2.75) is 26.2 Å². The molecule has 0 fully saturated rings.